The van der Waals surface area contributed by atoms with E-state index in [1.165, 1.54) is 0 Å². The molecule has 70 valence electrons. The van der Waals surface area contributed by atoms with Gasteiger partial charge in [-0.3, -0.25) is 0 Å². The summed E-state index contributed by atoms with van der Waals surface area (Å²) in [5.41, 5.74) is 0.00565. The van der Waals surface area contributed by atoms with Crippen LogP contribution in [0.2, 0.25) is 0 Å². The van der Waals surface area contributed by atoms with Crippen LogP contribution in [0.4, 0.5) is 0 Å². The monoisotopic (exact) mass is 171 g/mol. The minimum Gasteiger partial charge on any atom is -0.545 e. The van der Waals surface area contributed by atoms with Gasteiger partial charge in [0.1, 0.15) is 0 Å². The van der Waals surface area contributed by atoms with Crippen molar-refractivity contribution in [2.75, 3.05) is 6.61 Å². The lowest BCUT2D eigenvalue weighted by atomic mass is 10.2. The first-order valence-electron chi connectivity index (χ1n) is 4.11. The smallest absolute Gasteiger partial charge is 0.0808 e. The van der Waals surface area contributed by atoms with Gasteiger partial charge in [0.05, 0.1) is 12.1 Å². The highest BCUT2D eigenvalue weighted by molar-refractivity contribution is 5.84. The summed E-state index contributed by atoms with van der Waals surface area (Å²) in [6.07, 6.45) is 1.52. The maximum atomic E-state index is 10.3. The molecule has 12 heavy (non-hydrogen) atoms. The Balaban J connectivity index is 3.64. The molecule has 0 saturated carbocycles. The fourth-order valence-electron chi connectivity index (χ4n) is 0.671. The number of hydrogen-bond acceptors (Lipinski definition) is 3. The number of ether oxygens (including phenoxy) is 1. The highest BCUT2D eigenvalue weighted by Gasteiger charge is 2.06. The summed E-state index contributed by atoms with van der Waals surface area (Å²) < 4.78 is 5.19. The van der Waals surface area contributed by atoms with E-state index in [0.29, 0.717) is 6.61 Å². The molecule has 0 fully saturated rings. The van der Waals surface area contributed by atoms with Crippen LogP contribution in [-0.2, 0) is 9.53 Å². The molecule has 0 aromatic carbocycles. The third-order valence-corrected chi connectivity index (χ3v) is 1.62. The zero-order valence-corrected chi connectivity index (χ0v) is 7.63. The lowest BCUT2D eigenvalue weighted by molar-refractivity contribution is -0.300. The number of carbonyl (C=O) groups is 1. The molecule has 0 N–H and O–H groups in total. The number of carboxylic acids is 1. The van der Waals surface area contributed by atoms with Crippen molar-refractivity contribution in [1.82, 2.24) is 0 Å². The molecule has 1 unspecified atom stereocenters. The van der Waals surface area contributed by atoms with E-state index in [4.69, 9.17) is 4.74 Å². The fourth-order valence-corrected chi connectivity index (χ4v) is 0.671. The van der Waals surface area contributed by atoms with Crippen LogP contribution < -0.4 is 5.11 Å². The molecule has 0 aliphatic carbocycles. The minimum absolute atomic E-state index is 0.00565. The normalized spacial score (nSPS) is 12.5. The number of aliphatic carboxylic acids is 1. The van der Waals surface area contributed by atoms with E-state index in [0.717, 1.165) is 12.8 Å². The van der Waals surface area contributed by atoms with E-state index in [-0.39, 0.29) is 5.57 Å². The highest BCUT2D eigenvalue weighted by atomic mass is 16.5. The van der Waals surface area contributed by atoms with Crippen LogP contribution in [0.25, 0.3) is 0 Å². The summed E-state index contributed by atoms with van der Waals surface area (Å²) in [6, 6.07) is 0. The van der Waals surface area contributed by atoms with E-state index < -0.39 is 12.1 Å². The van der Waals surface area contributed by atoms with Crippen molar-refractivity contribution in [2.45, 2.75) is 32.8 Å². The maximum absolute atomic E-state index is 10.3. The summed E-state index contributed by atoms with van der Waals surface area (Å²) in [6.45, 7) is 7.62. The summed E-state index contributed by atoms with van der Waals surface area (Å²) in [4.78, 5) is 10.3. The molecule has 0 aromatic heterocycles. The van der Waals surface area contributed by atoms with Gasteiger partial charge >= 0.3 is 0 Å². The predicted molar refractivity (Wildman–Crippen MR) is 44.5 cm³/mol. The van der Waals surface area contributed by atoms with Gasteiger partial charge in [-0.05, 0) is 18.9 Å². The molecular weight excluding hydrogens is 156 g/mol. The molecule has 0 aliphatic heterocycles. The van der Waals surface area contributed by atoms with Gasteiger partial charge in [-0.25, -0.2) is 0 Å². The summed E-state index contributed by atoms with van der Waals surface area (Å²) in [7, 11) is 0. The molecule has 1 atom stereocenters. The Hall–Kier alpha value is -0.830. The zero-order chi connectivity index (χ0) is 9.56. The lowest BCUT2D eigenvalue weighted by Crippen LogP contribution is -2.30. The topological polar surface area (TPSA) is 49.4 Å². The number of unbranched alkanes of at least 4 members (excludes halogenated alkanes) is 1. The molecule has 0 radical (unpaired) electrons. The second-order valence-electron chi connectivity index (χ2n) is 2.68. The SMILES string of the molecule is C=C(C(=O)[O-])C(C)OCCCC. The molecule has 0 aromatic rings. The second-order valence-corrected chi connectivity index (χ2v) is 2.68. The van der Waals surface area contributed by atoms with E-state index in [9.17, 15) is 9.90 Å². The van der Waals surface area contributed by atoms with Gasteiger partial charge in [-0.2, -0.15) is 0 Å². The van der Waals surface area contributed by atoms with Gasteiger partial charge in [0.25, 0.3) is 0 Å². The van der Waals surface area contributed by atoms with Crippen molar-refractivity contribution in [1.29, 1.82) is 0 Å². The molecule has 3 nitrogen and oxygen atoms in total. The highest BCUT2D eigenvalue weighted by Crippen LogP contribution is 2.03. The van der Waals surface area contributed by atoms with E-state index in [2.05, 4.69) is 6.58 Å². The van der Waals surface area contributed by atoms with Gasteiger partial charge in [-0.1, -0.05) is 19.9 Å². The average Bonchev–Trinajstić information content (AvgIpc) is 2.03. The first-order chi connectivity index (χ1) is 5.59. The van der Waals surface area contributed by atoms with Crippen molar-refractivity contribution >= 4 is 5.97 Å². The largest absolute Gasteiger partial charge is 0.545 e. The Kier molecular flexibility index (Phi) is 5.37. The number of carbonyl (C=O) groups excluding carboxylic acids is 1. The van der Waals surface area contributed by atoms with Gasteiger partial charge < -0.3 is 14.6 Å². The number of hydrogen-bond donors (Lipinski definition) is 0. The summed E-state index contributed by atoms with van der Waals surface area (Å²) in [5.74, 6) is -1.24. The Bertz CT molecular complexity index is 163. The molecule has 0 bridgehead atoms. The van der Waals surface area contributed by atoms with E-state index >= 15 is 0 Å². The number of carboxylic acid groups (broad SMARTS) is 1. The first kappa shape index (κ1) is 11.2. The molecule has 0 rings (SSSR count). The first-order valence-corrected chi connectivity index (χ1v) is 4.11. The Morgan fingerprint density at radius 1 is 1.67 bits per heavy atom. The minimum atomic E-state index is -1.24. The quantitative estimate of drug-likeness (QED) is 0.432. The Morgan fingerprint density at radius 3 is 2.67 bits per heavy atom. The van der Waals surface area contributed by atoms with Gasteiger partial charge in [-0.15, -0.1) is 0 Å². The van der Waals surface area contributed by atoms with Gasteiger partial charge in [0, 0.05) is 6.61 Å². The van der Waals surface area contributed by atoms with Crippen LogP contribution in [0.3, 0.4) is 0 Å². The molecule has 0 saturated heterocycles. The molecule has 3 heteroatoms. The van der Waals surface area contributed by atoms with Crippen molar-refractivity contribution in [3.05, 3.63) is 12.2 Å². The van der Waals surface area contributed by atoms with Crippen LogP contribution in [0.5, 0.6) is 0 Å². The van der Waals surface area contributed by atoms with Crippen LogP contribution >= 0.6 is 0 Å². The van der Waals surface area contributed by atoms with E-state index in [1.807, 2.05) is 6.92 Å². The fraction of sp³-hybridized carbons (Fsp3) is 0.667. The standard InChI is InChI=1S/C9H16O3/c1-4-5-6-12-8(3)7(2)9(10)11/h8H,2,4-6H2,1,3H3,(H,10,11)/p-1. The second kappa shape index (κ2) is 5.77. The molecular formula is C9H15O3-. The van der Waals surface area contributed by atoms with Gasteiger partial charge in [0.15, 0.2) is 0 Å². The molecule has 0 spiro atoms. The van der Waals surface area contributed by atoms with Crippen molar-refractivity contribution in [2.24, 2.45) is 0 Å². The van der Waals surface area contributed by atoms with Crippen molar-refractivity contribution in [3.8, 4) is 0 Å². The zero-order valence-electron chi connectivity index (χ0n) is 7.63. The van der Waals surface area contributed by atoms with Crippen LogP contribution in [0.1, 0.15) is 26.7 Å². The number of rotatable bonds is 6. The molecule has 0 aliphatic rings. The molecule has 0 heterocycles. The summed E-state index contributed by atoms with van der Waals surface area (Å²) in [5, 5.41) is 10.3. The third-order valence-electron chi connectivity index (χ3n) is 1.62. The van der Waals surface area contributed by atoms with Gasteiger partial charge in [0.2, 0.25) is 0 Å². The Morgan fingerprint density at radius 2 is 2.25 bits per heavy atom. The van der Waals surface area contributed by atoms with Crippen LogP contribution in [0, 0.1) is 0 Å². The predicted octanol–water partition coefficient (Wildman–Crippen LogP) is 0.498. The van der Waals surface area contributed by atoms with Crippen molar-refractivity contribution in [3.63, 3.8) is 0 Å². The van der Waals surface area contributed by atoms with Crippen LogP contribution in [0.15, 0.2) is 12.2 Å². The van der Waals surface area contributed by atoms with E-state index in [1.54, 1.807) is 6.92 Å². The Labute approximate surface area is 73.0 Å². The maximum Gasteiger partial charge on any atom is 0.0808 e. The van der Waals surface area contributed by atoms with Crippen LogP contribution in [-0.4, -0.2) is 18.7 Å². The average molecular weight is 171 g/mol. The summed E-state index contributed by atoms with van der Waals surface area (Å²) >= 11 is 0. The lowest BCUT2D eigenvalue weighted by Gasteiger charge is -2.15. The molecule has 0 amide bonds. The van der Waals surface area contributed by atoms with Crippen molar-refractivity contribution < 1.29 is 14.6 Å². The third kappa shape index (κ3) is 4.13.